The lowest BCUT2D eigenvalue weighted by molar-refractivity contribution is 0.305. The molecular formula is C10H9FO2. The summed E-state index contributed by atoms with van der Waals surface area (Å²) < 4.78 is 12.9. The Bertz CT molecular complexity index is 350. The molecule has 0 bridgehead atoms. The van der Waals surface area contributed by atoms with Crippen molar-refractivity contribution in [2.24, 2.45) is 0 Å². The number of halogens is 1. The first-order valence-electron chi connectivity index (χ1n) is 3.82. The van der Waals surface area contributed by atoms with Crippen LogP contribution in [0.3, 0.4) is 0 Å². The summed E-state index contributed by atoms with van der Waals surface area (Å²) in [6.07, 6.45) is 0.301. The molecule has 0 fully saturated rings. The molecule has 0 aliphatic rings. The Labute approximate surface area is 75.6 Å². The van der Waals surface area contributed by atoms with Crippen LogP contribution in [0.15, 0.2) is 18.2 Å². The molecule has 0 aromatic heterocycles. The summed E-state index contributed by atoms with van der Waals surface area (Å²) in [4.78, 5) is 0. The van der Waals surface area contributed by atoms with E-state index in [-0.39, 0.29) is 17.9 Å². The normalized spacial score (nSPS) is 9.08. The molecule has 0 unspecified atom stereocenters. The zero-order valence-electron chi connectivity index (χ0n) is 6.92. The molecule has 0 saturated heterocycles. The highest BCUT2D eigenvalue weighted by Gasteiger charge is 1.98. The zero-order chi connectivity index (χ0) is 9.68. The smallest absolute Gasteiger partial charge is 0.139 e. The first kappa shape index (κ1) is 9.56. The van der Waals surface area contributed by atoms with E-state index in [1.807, 2.05) is 0 Å². The van der Waals surface area contributed by atoms with Crippen molar-refractivity contribution in [1.82, 2.24) is 0 Å². The van der Waals surface area contributed by atoms with Gasteiger partial charge in [0.05, 0.1) is 12.2 Å². The van der Waals surface area contributed by atoms with Gasteiger partial charge in [-0.3, -0.25) is 0 Å². The first-order chi connectivity index (χ1) is 6.24. The van der Waals surface area contributed by atoms with Crippen molar-refractivity contribution in [1.29, 1.82) is 0 Å². The first-order valence-corrected chi connectivity index (χ1v) is 3.82. The van der Waals surface area contributed by atoms with Crippen molar-refractivity contribution in [2.75, 3.05) is 6.61 Å². The largest absolute Gasteiger partial charge is 0.508 e. The van der Waals surface area contributed by atoms with E-state index in [9.17, 15) is 4.39 Å². The summed E-state index contributed by atoms with van der Waals surface area (Å²) in [5, 5.41) is 17.4. The Hall–Kier alpha value is -1.53. The molecule has 0 aliphatic heterocycles. The molecule has 0 atom stereocenters. The van der Waals surface area contributed by atoms with E-state index >= 15 is 0 Å². The maximum absolute atomic E-state index is 12.9. The van der Waals surface area contributed by atoms with Crippen LogP contribution in [-0.2, 0) is 0 Å². The number of benzene rings is 1. The molecule has 3 heteroatoms. The van der Waals surface area contributed by atoms with E-state index in [2.05, 4.69) is 11.8 Å². The highest BCUT2D eigenvalue weighted by atomic mass is 19.1. The SMILES string of the molecule is OCCC#Cc1cc(O)ccc1F. The number of aromatic hydroxyl groups is 1. The molecule has 1 aromatic rings. The van der Waals surface area contributed by atoms with Crippen LogP contribution >= 0.6 is 0 Å². The van der Waals surface area contributed by atoms with Gasteiger partial charge in [0.1, 0.15) is 11.6 Å². The van der Waals surface area contributed by atoms with Crippen molar-refractivity contribution in [2.45, 2.75) is 6.42 Å². The molecule has 0 saturated carbocycles. The summed E-state index contributed by atoms with van der Waals surface area (Å²) in [7, 11) is 0. The van der Waals surface area contributed by atoms with Gasteiger partial charge in [0.2, 0.25) is 0 Å². The Morgan fingerprint density at radius 1 is 1.38 bits per heavy atom. The molecule has 2 nitrogen and oxygen atoms in total. The number of aliphatic hydroxyl groups is 1. The van der Waals surface area contributed by atoms with Gasteiger partial charge in [0, 0.05) is 6.42 Å². The standard InChI is InChI=1S/C10H9FO2/c11-10-5-4-9(13)7-8(10)3-1-2-6-12/h4-5,7,12-13H,2,6H2. The van der Waals surface area contributed by atoms with E-state index in [4.69, 9.17) is 10.2 Å². The fraction of sp³-hybridized carbons (Fsp3) is 0.200. The molecule has 1 rings (SSSR count). The summed E-state index contributed by atoms with van der Waals surface area (Å²) in [6, 6.07) is 3.66. The Kier molecular flexibility index (Phi) is 3.30. The number of aliphatic hydroxyl groups excluding tert-OH is 1. The molecule has 68 valence electrons. The summed E-state index contributed by atoms with van der Waals surface area (Å²) >= 11 is 0. The highest BCUT2D eigenvalue weighted by molar-refractivity contribution is 5.40. The molecule has 2 N–H and O–H groups in total. The minimum Gasteiger partial charge on any atom is -0.508 e. The van der Waals surface area contributed by atoms with Crippen molar-refractivity contribution in [3.8, 4) is 17.6 Å². The predicted octanol–water partition coefficient (Wildman–Crippen LogP) is 1.27. The van der Waals surface area contributed by atoms with Gasteiger partial charge in [0.25, 0.3) is 0 Å². The number of hydrogen-bond acceptors (Lipinski definition) is 2. The third-order valence-corrected chi connectivity index (χ3v) is 1.41. The number of phenolic OH excluding ortho intramolecular Hbond substituents is 1. The molecule has 0 heterocycles. The van der Waals surface area contributed by atoms with Gasteiger partial charge in [-0.1, -0.05) is 11.8 Å². The van der Waals surface area contributed by atoms with Gasteiger partial charge in [-0.05, 0) is 18.2 Å². The van der Waals surface area contributed by atoms with Crippen LogP contribution in [0.4, 0.5) is 4.39 Å². The van der Waals surface area contributed by atoms with Gasteiger partial charge < -0.3 is 10.2 Å². The van der Waals surface area contributed by atoms with E-state index in [1.54, 1.807) is 0 Å². The maximum Gasteiger partial charge on any atom is 0.139 e. The third-order valence-electron chi connectivity index (χ3n) is 1.41. The average Bonchev–Trinajstić information content (AvgIpc) is 2.11. The Morgan fingerprint density at radius 3 is 2.85 bits per heavy atom. The topological polar surface area (TPSA) is 40.5 Å². The van der Waals surface area contributed by atoms with Gasteiger partial charge in [-0.2, -0.15) is 0 Å². The van der Waals surface area contributed by atoms with Crippen LogP contribution in [0.1, 0.15) is 12.0 Å². The molecule has 0 spiro atoms. The van der Waals surface area contributed by atoms with Crippen LogP contribution in [0, 0.1) is 17.7 Å². The van der Waals surface area contributed by atoms with Gasteiger partial charge >= 0.3 is 0 Å². The molecule has 0 aliphatic carbocycles. The Morgan fingerprint density at radius 2 is 2.15 bits per heavy atom. The lowest BCUT2D eigenvalue weighted by Gasteiger charge is -1.94. The van der Waals surface area contributed by atoms with Gasteiger partial charge in [0.15, 0.2) is 0 Å². The van der Waals surface area contributed by atoms with E-state index in [0.29, 0.717) is 6.42 Å². The van der Waals surface area contributed by atoms with Gasteiger partial charge in [-0.25, -0.2) is 4.39 Å². The van der Waals surface area contributed by atoms with Crippen LogP contribution in [0.25, 0.3) is 0 Å². The summed E-state index contributed by atoms with van der Waals surface area (Å²) in [6.45, 7) is -0.0482. The van der Waals surface area contributed by atoms with Crippen LogP contribution < -0.4 is 0 Å². The van der Waals surface area contributed by atoms with E-state index in [0.717, 1.165) is 6.07 Å². The number of hydrogen-bond donors (Lipinski definition) is 2. The monoisotopic (exact) mass is 180 g/mol. The van der Waals surface area contributed by atoms with Crippen LogP contribution in [0.5, 0.6) is 5.75 Å². The Balaban J connectivity index is 2.89. The van der Waals surface area contributed by atoms with Crippen molar-refractivity contribution < 1.29 is 14.6 Å². The van der Waals surface area contributed by atoms with E-state index in [1.165, 1.54) is 12.1 Å². The lowest BCUT2D eigenvalue weighted by atomic mass is 10.2. The van der Waals surface area contributed by atoms with Crippen molar-refractivity contribution in [3.63, 3.8) is 0 Å². The summed E-state index contributed by atoms with van der Waals surface area (Å²) in [5.74, 6) is 4.59. The maximum atomic E-state index is 12.9. The van der Waals surface area contributed by atoms with Crippen molar-refractivity contribution >= 4 is 0 Å². The average molecular weight is 180 g/mol. The molecule has 0 radical (unpaired) electrons. The fourth-order valence-electron chi connectivity index (χ4n) is 0.823. The van der Waals surface area contributed by atoms with E-state index < -0.39 is 5.82 Å². The van der Waals surface area contributed by atoms with Crippen molar-refractivity contribution in [3.05, 3.63) is 29.6 Å². The molecule has 1 aromatic carbocycles. The lowest BCUT2D eigenvalue weighted by Crippen LogP contribution is -1.83. The second-order valence-electron chi connectivity index (χ2n) is 2.44. The fourth-order valence-corrected chi connectivity index (χ4v) is 0.823. The minimum atomic E-state index is -0.469. The second-order valence-corrected chi connectivity index (χ2v) is 2.44. The number of rotatable bonds is 1. The zero-order valence-corrected chi connectivity index (χ0v) is 6.92. The van der Waals surface area contributed by atoms with Crippen LogP contribution in [0.2, 0.25) is 0 Å². The quantitative estimate of drug-likeness (QED) is 0.639. The van der Waals surface area contributed by atoms with Gasteiger partial charge in [-0.15, -0.1) is 0 Å². The molecular weight excluding hydrogens is 171 g/mol. The molecule has 13 heavy (non-hydrogen) atoms. The predicted molar refractivity (Wildman–Crippen MR) is 46.6 cm³/mol. The number of phenols is 1. The highest BCUT2D eigenvalue weighted by Crippen LogP contribution is 2.13. The summed E-state index contributed by atoms with van der Waals surface area (Å²) in [5.41, 5.74) is 0.147. The third kappa shape index (κ3) is 2.77. The minimum absolute atomic E-state index is 0.0188. The van der Waals surface area contributed by atoms with Crippen LogP contribution in [-0.4, -0.2) is 16.8 Å². The second kappa shape index (κ2) is 4.48. The molecule has 0 amide bonds.